The Kier molecular flexibility index (Phi) is 5.59. The summed E-state index contributed by atoms with van der Waals surface area (Å²) in [4.78, 5) is 11.7. The molecule has 1 amide bonds. The Morgan fingerprint density at radius 3 is 2.56 bits per heavy atom. The Balaban J connectivity index is 2.37. The van der Waals surface area contributed by atoms with Gasteiger partial charge in [-0.2, -0.15) is 0 Å². The van der Waals surface area contributed by atoms with Crippen molar-refractivity contribution in [1.82, 2.24) is 5.32 Å². The van der Waals surface area contributed by atoms with E-state index in [1.165, 1.54) is 0 Å². The Labute approximate surface area is 109 Å². The minimum atomic E-state index is -2.92. The lowest BCUT2D eigenvalue weighted by atomic mass is 10.0. The number of carbonyl (C=O) groups excluding carboxylic acids is 1. The van der Waals surface area contributed by atoms with E-state index < -0.39 is 9.84 Å². The Morgan fingerprint density at radius 1 is 1.44 bits per heavy atom. The van der Waals surface area contributed by atoms with Crippen LogP contribution in [0.2, 0.25) is 0 Å². The molecule has 0 aromatic carbocycles. The molecule has 0 bridgehead atoms. The van der Waals surface area contributed by atoms with Gasteiger partial charge in [0.2, 0.25) is 5.91 Å². The summed E-state index contributed by atoms with van der Waals surface area (Å²) in [7, 11) is -2.92. The lowest BCUT2D eigenvalue weighted by molar-refractivity contribution is -0.123. The summed E-state index contributed by atoms with van der Waals surface area (Å²) in [5.41, 5.74) is 0. The fourth-order valence-corrected chi connectivity index (χ4v) is 4.19. The van der Waals surface area contributed by atoms with Crippen LogP contribution in [0, 0.1) is 11.8 Å². The van der Waals surface area contributed by atoms with E-state index in [1.54, 1.807) is 0 Å². The molecular weight excluding hydrogens is 254 g/mol. The van der Waals surface area contributed by atoms with Crippen molar-refractivity contribution in [3.8, 4) is 0 Å². The molecule has 1 rings (SSSR count). The van der Waals surface area contributed by atoms with Gasteiger partial charge in [-0.3, -0.25) is 4.79 Å². The van der Waals surface area contributed by atoms with Crippen molar-refractivity contribution in [3.63, 3.8) is 0 Å². The predicted molar refractivity (Wildman–Crippen MR) is 69.8 cm³/mol. The number of amides is 1. The highest BCUT2D eigenvalue weighted by Gasteiger charge is 2.29. The standard InChI is InChI=1S/C12H23NO4S/c1-9(2)5-11(7-14)13-12(15)6-10-3-4-18(16,17)8-10/h9-11,14H,3-8H2,1-2H3,(H,13,15). The highest BCUT2D eigenvalue weighted by molar-refractivity contribution is 7.91. The van der Waals surface area contributed by atoms with Gasteiger partial charge in [0.05, 0.1) is 24.2 Å². The van der Waals surface area contributed by atoms with Crippen LogP contribution < -0.4 is 5.32 Å². The fraction of sp³-hybridized carbons (Fsp3) is 0.917. The zero-order chi connectivity index (χ0) is 13.8. The largest absolute Gasteiger partial charge is 0.394 e. The first-order valence-electron chi connectivity index (χ1n) is 6.43. The minimum Gasteiger partial charge on any atom is -0.394 e. The van der Waals surface area contributed by atoms with Gasteiger partial charge in [0, 0.05) is 6.42 Å². The van der Waals surface area contributed by atoms with E-state index >= 15 is 0 Å². The number of hydrogen-bond acceptors (Lipinski definition) is 4. The lowest BCUT2D eigenvalue weighted by Gasteiger charge is -2.19. The van der Waals surface area contributed by atoms with Gasteiger partial charge in [-0.05, 0) is 24.7 Å². The molecule has 2 N–H and O–H groups in total. The van der Waals surface area contributed by atoms with Crippen molar-refractivity contribution in [1.29, 1.82) is 0 Å². The maximum atomic E-state index is 11.7. The molecule has 1 fully saturated rings. The van der Waals surface area contributed by atoms with Gasteiger partial charge in [-0.1, -0.05) is 13.8 Å². The predicted octanol–water partition coefficient (Wildman–Crippen LogP) is 0.334. The maximum absolute atomic E-state index is 11.7. The minimum absolute atomic E-state index is 0.0617. The van der Waals surface area contributed by atoms with Crippen LogP contribution >= 0.6 is 0 Å². The Bertz CT molecular complexity index is 378. The molecule has 0 spiro atoms. The van der Waals surface area contributed by atoms with Crippen LogP contribution in [0.25, 0.3) is 0 Å². The van der Waals surface area contributed by atoms with Crippen LogP contribution in [-0.4, -0.2) is 43.6 Å². The second-order valence-corrected chi connectivity index (χ2v) is 7.78. The summed E-state index contributed by atoms with van der Waals surface area (Å²) in [6, 6.07) is -0.226. The van der Waals surface area contributed by atoms with Gasteiger partial charge >= 0.3 is 0 Å². The summed E-state index contributed by atoms with van der Waals surface area (Å²) in [6.07, 6.45) is 1.54. The molecule has 2 atom stereocenters. The van der Waals surface area contributed by atoms with E-state index in [9.17, 15) is 13.2 Å². The van der Waals surface area contributed by atoms with Crippen molar-refractivity contribution in [2.45, 2.75) is 39.2 Å². The molecule has 1 heterocycles. The Morgan fingerprint density at radius 2 is 2.11 bits per heavy atom. The summed E-state index contributed by atoms with van der Waals surface area (Å²) in [5, 5.41) is 11.9. The topological polar surface area (TPSA) is 83.5 Å². The smallest absolute Gasteiger partial charge is 0.220 e. The van der Waals surface area contributed by atoms with E-state index in [0.29, 0.717) is 12.3 Å². The third-order valence-corrected chi connectivity index (χ3v) is 4.98. The number of nitrogens with one attached hydrogen (secondary N) is 1. The van der Waals surface area contributed by atoms with Gasteiger partial charge in [0.15, 0.2) is 9.84 Å². The van der Waals surface area contributed by atoms with Gasteiger partial charge in [-0.15, -0.1) is 0 Å². The lowest BCUT2D eigenvalue weighted by Crippen LogP contribution is -2.39. The molecule has 5 nitrogen and oxygen atoms in total. The molecule has 0 aromatic heterocycles. The van der Waals surface area contributed by atoms with Gasteiger partial charge in [0.25, 0.3) is 0 Å². The van der Waals surface area contributed by atoms with Crippen LogP contribution in [0.1, 0.15) is 33.1 Å². The third-order valence-electron chi connectivity index (χ3n) is 3.14. The molecule has 0 aromatic rings. The second-order valence-electron chi connectivity index (χ2n) is 5.55. The monoisotopic (exact) mass is 277 g/mol. The summed E-state index contributed by atoms with van der Waals surface area (Å²) in [5.74, 6) is 0.494. The third kappa shape index (κ3) is 5.35. The van der Waals surface area contributed by atoms with Crippen LogP contribution in [0.15, 0.2) is 0 Å². The molecular formula is C12H23NO4S. The number of sulfone groups is 1. The molecule has 18 heavy (non-hydrogen) atoms. The molecule has 0 aliphatic carbocycles. The molecule has 2 unspecified atom stereocenters. The van der Waals surface area contributed by atoms with Crippen molar-refractivity contribution in [2.75, 3.05) is 18.1 Å². The molecule has 106 valence electrons. The maximum Gasteiger partial charge on any atom is 0.220 e. The van der Waals surface area contributed by atoms with Crippen LogP contribution in [0.4, 0.5) is 0 Å². The van der Waals surface area contributed by atoms with E-state index in [4.69, 9.17) is 5.11 Å². The first kappa shape index (κ1) is 15.4. The van der Waals surface area contributed by atoms with E-state index in [0.717, 1.165) is 6.42 Å². The number of carbonyl (C=O) groups is 1. The van der Waals surface area contributed by atoms with Crippen molar-refractivity contribution in [3.05, 3.63) is 0 Å². The van der Waals surface area contributed by atoms with E-state index in [1.807, 2.05) is 13.8 Å². The molecule has 0 radical (unpaired) electrons. The summed E-state index contributed by atoms with van der Waals surface area (Å²) in [6.45, 7) is 3.98. The molecule has 1 aliphatic heterocycles. The van der Waals surface area contributed by atoms with Crippen molar-refractivity contribution >= 4 is 15.7 Å². The summed E-state index contributed by atoms with van der Waals surface area (Å²) < 4.78 is 22.5. The van der Waals surface area contributed by atoms with Crippen LogP contribution in [0.5, 0.6) is 0 Å². The fourth-order valence-electron chi connectivity index (χ4n) is 2.33. The van der Waals surface area contributed by atoms with Gasteiger partial charge < -0.3 is 10.4 Å². The molecule has 1 saturated heterocycles. The quantitative estimate of drug-likeness (QED) is 0.733. The SMILES string of the molecule is CC(C)CC(CO)NC(=O)CC1CCS(=O)(=O)C1. The normalized spacial score (nSPS) is 24.1. The van der Waals surface area contributed by atoms with Crippen molar-refractivity contribution in [2.24, 2.45) is 11.8 Å². The van der Waals surface area contributed by atoms with Gasteiger partial charge in [0.1, 0.15) is 0 Å². The second kappa shape index (κ2) is 6.52. The molecule has 1 aliphatic rings. The molecule has 6 heteroatoms. The summed E-state index contributed by atoms with van der Waals surface area (Å²) >= 11 is 0. The first-order valence-corrected chi connectivity index (χ1v) is 8.25. The van der Waals surface area contributed by atoms with Crippen LogP contribution in [0.3, 0.4) is 0 Å². The van der Waals surface area contributed by atoms with Gasteiger partial charge in [-0.25, -0.2) is 8.42 Å². The number of hydrogen-bond donors (Lipinski definition) is 2. The van der Waals surface area contributed by atoms with Crippen LogP contribution in [-0.2, 0) is 14.6 Å². The first-order chi connectivity index (χ1) is 8.32. The average Bonchev–Trinajstić information content (AvgIpc) is 2.56. The highest BCUT2D eigenvalue weighted by Crippen LogP contribution is 2.21. The van der Waals surface area contributed by atoms with E-state index in [-0.39, 0.29) is 42.4 Å². The number of aliphatic hydroxyl groups excluding tert-OH is 1. The highest BCUT2D eigenvalue weighted by atomic mass is 32.2. The van der Waals surface area contributed by atoms with Crippen molar-refractivity contribution < 1.29 is 18.3 Å². The average molecular weight is 277 g/mol. The number of rotatable bonds is 6. The zero-order valence-corrected chi connectivity index (χ0v) is 11.9. The number of aliphatic hydroxyl groups is 1. The Hall–Kier alpha value is -0.620. The zero-order valence-electron chi connectivity index (χ0n) is 11.1. The molecule has 0 saturated carbocycles. The van der Waals surface area contributed by atoms with E-state index in [2.05, 4.69) is 5.32 Å².